The first kappa shape index (κ1) is 21.6. The van der Waals surface area contributed by atoms with Gasteiger partial charge in [0.2, 0.25) is 5.91 Å². The van der Waals surface area contributed by atoms with Gasteiger partial charge in [-0.05, 0) is 42.0 Å². The van der Waals surface area contributed by atoms with Gasteiger partial charge in [0.05, 0.1) is 19.9 Å². The summed E-state index contributed by atoms with van der Waals surface area (Å²) >= 11 is 0. The normalized spacial score (nSPS) is 15.2. The maximum absolute atomic E-state index is 13.4. The van der Waals surface area contributed by atoms with E-state index >= 15 is 0 Å². The summed E-state index contributed by atoms with van der Waals surface area (Å²) in [5.74, 6) is 1.19. The Balaban J connectivity index is 1.44. The number of amides is 2. The molecule has 0 aliphatic carbocycles. The molecule has 0 saturated carbocycles. The van der Waals surface area contributed by atoms with Crippen LogP contribution in [0.5, 0.6) is 5.75 Å². The third kappa shape index (κ3) is 5.18. The molecule has 7 nitrogen and oxygen atoms in total. The number of hydrogen-bond donors (Lipinski definition) is 1. The van der Waals surface area contributed by atoms with Crippen molar-refractivity contribution in [2.24, 2.45) is 0 Å². The van der Waals surface area contributed by atoms with Crippen LogP contribution in [-0.2, 0) is 11.3 Å². The fourth-order valence-corrected chi connectivity index (χ4v) is 3.82. The molecule has 1 aliphatic heterocycles. The molecule has 1 N–H and O–H groups in total. The van der Waals surface area contributed by atoms with Gasteiger partial charge in [-0.2, -0.15) is 0 Å². The van der Waals surface area contributed by atoms with Crippen molar-refractivity contribution < 1.29 is 18.7 Å². The lowest BCUT2D eigenvalue weighted by molar-refractivity contribution is -0.135. The van der Waals surface area contributed by atoms with Crippen LogP contribution >= 0.6 is 0 Å². The van der Waals surface area contributed by atoms with Crippen molar-refractivity contribution in [3.8, 4) is 5.75 Å². The second-order valence-corrected chi connectivity index (χ2v) is 7.73. The van der Waals surface area contributed by atoms with Gasteiger partial charge in [0.1, 0.15) is 17.6 Å². The Bertz CT molecular complexity index is 1010. The summed E-state index contributed by atoms with van der Waals surface area (Å²) < 4.78 is 10.6. The molecule has 0 spiro atoms. The van der Waals surface area contributed by atoms with Crippen LogP contribution in [0.15, 0.2) is 77.4 Å². The minimum Gasteiger partial charge on any atom is -0.497 e. The molecular weight excluding hydrogens is 406 g/mol. The van der Waals surface area contributed by atoms with Gasteiger partial charge < -0.3 is 19.4 Å². The maximum Gasteiger partial charge on any atom is 0.252 e. The molecule has 1 aromatic heterocycles. The minimum atomic E-state index is -0.748. The fourth-order valence-electron chi connectivity index (χ4n) is 3.82. The zero-order valence-corrected chi connectivity index (χ0v) is 18.1. The number of nitrogens with zero attached hydrogens (tertiary/aromatic N) is 2. The molecule has 2 amide bonds. The first-order chi connectivity index (χ1) is 15.6. The number of rotatable bonds is 7. The van der Waals surface area contributed by atoms with Crippen molar-refractivity contribution in [3.05, 3.63) is 89.9 Å². The summed E-state index contributed by atoms with van der Waals surface area (Å²) in [5.41, 5.74) is 1.24. The van der Waals surface area contributed by atoms with Gasteiger partial charge >= 0.3 is 0 Å². The van der Waals surface area contributed by atoms with E-state index in [1.807, 2.05) is 47.4 Å². The van der Waals surface area contributed by atoms with Crippen molar-refractivity contribution in [1.82, 2.24) is 15.1 Å². The van der Waals surface area contributed by atoms with Crippen LogP contribution in [0.25, 0.3) is 0 Å². The predicted molar refractivity (Wildman–Crippen MR) is 120 cm³/mol. The molecule has 3 aromatic rings. The second kappa shape index (κ2) is 10.2. The molecule has 2 heterocycles. The van der Waals surface area contributed by atoms with Gasteiger partial charge in [-0.15, -0.1) is 0 Å². The first-order valence-electron chi connectivity index (χ1n) is 10.7. The van der Waals surface area contributed by atoms with Gasteiger partial charge in [0, 0.05) is 31.7 Å². The van der Waals surface area contributed by atoms with Gasteiger partial charge in [0.25, 0.3) is 5.91 Å². The standard InChI is InChI=1S/C25H27N3O4/c1-31-21-11-9-20(10-12-21)24(29)26-23(19-6-3-2-4-7-19)25(30)28-15-13-27(14-16-28)18-22-8-5-17-32-22/h2-12,17,23H,13-16,18H2,1H3,(H,26,29). The third-order valence-corrected chi connectivity index (χ3v) is 5.65. The Hall–Kier alpha value is -3.58. The molecule has 7 heteroatoms. The van der Waals surface area contributed by atoms with Crippen LogP contribution in [0.2, 0.25) is 0 Å². The van der Waals surface area contributed by atoms with Crippen LogP contribution in [0.3, 0.4) is 0 Å². The Morgan fingerprint density at radius 3 is 2.31 bits per heavy atom. The largest absolute Gasteiger partial charge is 0.497 e. The first-order valence-corrected chi connectivity index (χ1v) is 10.7. The predicted octanol–water partition coefficient (Wildman–Crippen LogP) is 3.10. The third-order valence-electron chi connectivity index (χ3n) is 5.65. The SMILES string of the molecule is COc1ccc(C(=O)NC(C(=O)N2CCN(Cc3ccco3)CC2)c2ccccc2)cc1. The van der Waals surface area contributed by atoms with Crippen LogP contribution in [-0.4, -0.2) is 54.9 Å². The lowest BCUT2D eigenvalue weighted by atomic mass is 10.0. The lowest BCUT2D eigenvalue weighted by Crippen LogP contribution is -2.51. The highest BCUT2D eigenvalue weighted by Crippen LogP contribution is 2.19. The maximum atomic E-state index is 13.4. The molecule has 0 radical (unpaired) electrons. The van der Waals surface area contributed by atoms with Crippen LogP contribution < -0.4 is 10.1 Å². The van der Waals surface area contributed by atoms with Crippen molar-refractivity contribution in [2.45, 2.75) is 12.6 Å². The molecule has 1 aliphatic rings. The molecule has 32 heavy (non-hydrogen) atoms. The molecule has 1 fully saturated rings. The Labute approximate surface area is 187 Å². The number of piperazine rings is 1. The summed E-state index contributed by atoms with van der Waals surface area (Å²) in [7, 11) is 1.58. The van der Waals surface area contributed by atoms with Crippen molar-refractivity contribution >= 4 is 11.8 Å². The number of furan rings is 1. The van der Waals surface area contributed by atoms with E-state index < -0.39 is 6.04 Å². The molecule has 1 saturated heterocycles. The monoisotopic (exact) mass is 433 g/mol. The van der Waals surface area contributed by atoms with Gasteiger partial charge in [0.15, 0.2) is 0 Å². The van der Waals surface area contributed by atoms with Gasteiger partial charge in [-0.1, -0.05) is 30.3 Å². The Kier molecular flexibility index (Phi) is 6.87. The number of carbonyl (C=O) groups excluding carboxylic acids is 2. The van der Waals surface area contributed by atoms with Gasteiger partial charge in [-0.3, -0.25) is 14.5 Å². The summed E-state index contributed by atoms with van der Waals surface area (Å²) in [5, 5.41) is 2.93. The van der Waals surface area contributed by atoms with E-state index in [2.05, 4.69) is 10.2 Å². The summed E-state index contributed by atoms with van der Waals surface area (Å²) in [6.07, 6.45) is 1.67. The molecule has 1 unspecified atom stereocenters. The zero-order chi connectivity index (χ0) is 22.3. The topological polar surface area (TPSA) is 75.0 Å². The molecule has 0 bridgehead atoms. The summed E-state index contributed by atoms with van der Waals surface area (Å²) in [6, 6.07) is 19.3. The second-order valence-electron chi connectivity index (χ2n) is 7.73. The van der Waals surface area contributed by atoms with E-state index in [1.165, 1.54) is 0 Å². The average molecular weight is 434 g/mol. The van der Waals surface area contributed by atoms with E-state index in [-0.39, 0.29) is 11.8 Å². The zero-order valence-electron chi connectivity index (χ0n) is 18.1. The van der Waals surface area contributed by atoms with Crippen LogP contribution in [0.4, 0.5) is 0 Å². The average Bonchev–Trinajstić information content (AvgIpc) is 3.36. The van der Waals surface area contributed by atoms with Crippen molar-refractivity contribution in [1.29, 1.82) is 0 Å². The van der Waals surface area contributed by atoms with E-state index in [0.717, 1.165) is 31.0 Å². The number of benzene rings is 2. The molecule has 1 atom stereocenters. The molecule has 2 aromatic carbocycles. The number of carbonyl (C=O) groups is 2. The smallest absolute Gasteiger partial charge is 0.252 e. The molecule has 166 valence electrons. The number of ether oxygens (including phenoxy) is 1. The van der Waals surface area contributed by atoms with Crippen molar-refractivity contribution in [2.75, 3.05) is 33.3 Å². The number of hydrogen-bond acceptors (Lipinski definition) is 5. The highest BCUT2D eigenvalue weighted by atomic mass is 16.5. The summed E-state index contributed by atoms with van der Waals surface area (Å²) in [6.45, 7) is 3.43. The highest BCUT2D eigenvalue weighted by Gasteiger charge is 2.30. The fraction of sp³-hybridized carbons (Fsp3) is 0.280. The van der Waals surface area contributed by atoms with E-state index in [4.69, 9.17) is 9.15 Å². The van der Waals surface area contributed by atoms with Crippen LogP contribution in [0.1, 0.15) is 27.7 Å². The van der Waals surface area contributed by atoms with E-state index in [9.17, 15) is 9.59 Å². The quantitative estimate of drug-likeness (QED) is 0.620. The molecular formula is C25H27N3O4. The molecule has 4 rings (SSSR count). The number of methoxy groups -OCH3 is 1. The Morgan fingerprint density at radius 2 is 1.69 bits per heavy atom. The van der Waals surface area contributed by atoms with E-state index in [0.29, 0.717) is 24.4 Å². The summed E-state index contributed by atoms with van der Waals surface area (Å²) in [4.78, 5) is 30.4. The van der Waals surface area contributed by atoms with Gasteiger partial charge in [-0.25, -0.2) is 0 Å². The minimum absolute atomic E-state index is 0.101. The van der Waals surface area contributed by atoms with Crippen LogP contribution in [0, 0.1) is 0 Å². The van der Waals surface area contributed by atoms with Crippen molar-refractivity contribution in [3.63, 3.8) is 0 Å². The van der Waals surface area contributed by atoms with E-state index in [1.54, 1.807) is 37.6 Å². The highest BCUT2D eigenvalue weighted by molar-refractivity contribution is 5.98. The Morgan fingerprint density at radius 1 is 0.969 bits per heavy atom. The number of nitrogens with one attached hydrogen (secondary N) is 1. The lowest BCUT2D eigenvalue weighted by Gasteiger charge is -2.36.